The van der Waals surface area contributed by atoms with Crippen molar-refractivity contribution in [3.8, 4) is 5.75 Å². The standard InChI is InChI=1S/C21H30N4O.HI/c1-5-22-21(24-15-18-11-8-9-13-20(18)26-4)23-14-17-10-6-7-12-19(17)16-25(2)3;/h6-13H,5,14-16H2,1-4H3,(H2,22,23,24);1H. The molecule has 0 heterocycles. The summed E-state index contributed by atoms with van der Waals surface area (Å²) in [5.74, 6) is 1.67. The fraction of sp³-hybridized carbons (Fsp3) is 0.381. The second kappa shape index (κ2) is 12.6. The second-order valence-corrected chi connectivity index (χ2v) is 6.37. The molecule has 2 rings (SSSR count). The van der Waals surface area contributed by atoms with Crippen LogP contribution in [0.3, 0.4) is 0 Å². The summed E-state index contributed by atoms with van der Waals surface area (Å²) in [6.45, 7) is 5.12. The van der Waals surface area contributed by atoms with Crippen molar-refractivity contribution < 1.29 is 4.74 Å². The summed E-state index contributed by atoms with van der Waals surface area (Å²) < 4.78 is 5.40. The minimum absolute atomic E-state index is 0. The number of nitrogens with one attached hydrogen (secondary N) is 2. The number of halogens is 1. The van der Waals surface area contributed by atoms with E-state index in [0.717, 1.165) is 36.9 Å². The molecule has 0 aliphatic heterocycles. The lowest BCUT2D eigenvalue weighted by Crippen LogP contribution is -2.37. The highest BCUT2D eigenvalue weighted by Gasteiger charge is 2.05. The number of hydrogen-bond donors (Lipinski definition) is 2. The lowest BCUT2D eigenvalue weighted by Gasteiger charge is -2.16. The van der Waals surface area contributed by atoms with Gasteiger partial charge in [0.25, 0.3) is 0 Å². The number of methoxy groups -OCH3 is 1. The monoisotopic (exact) mass is 482 g/mol. The zero-order chi connectivity index (χ0) is 18.8. The molecule has 0 atom stereocenters. The molecular weight excluding hydrogens is 451 g/mol. The topological polar surface area (TPSA) is 48.9 Å². The molecule has 0 aromatic heterocycles. The van der Waals surface area contributed by atoms with Gasteiger partial charge in [0.05, 0.1) is 13.7 Å². The lowest BCUT2D eigenvalue weighted by atomic mass is 10.1. The van der Waals surface area contributed by atoms with Crippen LogP contribution in [0.5, 0.6) is 5.75 Å². The SMILES string of the molecule is CCNC(=NCc1ccccc1OC)NCc1ccccc1CN(C)C.I. The Morgan fingerprint density at radius 2 is 1.59 bits per heavy atom. The molecule has 2 N–H and O–H groups in total. The average Bonchev–Trinajstić information content (AvgIpc) is 2.65. The van der Waals surface area contributed by atoms with Crippen LogP contribution in [0.2, 0.25) is 0 Å². The Morgan fingerprint density at radius 1 is 0.963 bits per heavy atom. The van der Waals surface area contributed by atoms with E-state index >= 15 is 0 Å². The van der Waals surface area contributed by atoms with Crippen molar-refractivity contribution >= 4 is 29.9 Å². The normalized spacial score (nSPS) is 11.1. The molecule has 27 heavy (non-hydrogen) atoms. The molecule has 148 valence electrons. The Kier molecular flexibility index (Phi) is 10.8. The van der Waals surface area contributed by atoms with Crippen molar-refractivity contribution in [1.82, 2.24) is 15.5 Å². The van der Waals surface area contributed by atoms with Gasteiger partial charge in [0, 0.05) is 25.2 Å². The Morgan fingerprint density at radius 3 is 2.22 bits per heavy atom. The zero-order valence-electron chi connectivity index (χ0n) is 16.7. The van der Waals surface area contributed by atoms with Gasteiger partial charge in [0.2, 0.25) is 0 Å². The van der Waals surface area contributed by atoms with Crippen molar-refractivity contribution in [2.24, 2.45) is 4.99 Å². The minimum atomic E-state index is 0. The van der Waals surface area contributed by atoms with Crippen LogP contribution in [0.1, 0.15) is 23.6 Å². The van der Waals surface area contributed by atoms with E-state index in [4.69, 9.17) is 9.73 Å². The lowest BCUT2D eigenvalue weighted by molar-refractivity contribution is 0.400. The summed E-state index contributed by atoms with van der Waals surface area (Å²) >= 11 is 0. The number of ether oxygens (including phenoxy) is 1. The van der Waals surface area contributed by atoms with E-state index in [2.05, 4.69) is 60.8 Å². The maximum Gasteiger partial charge on any atom is 0.191 e. The molecule has 0 saturated carbocycles. The van der Waals surface area contributed by atoms with Gasteiger partial charge in [-0.1, -0.05) is 42.5 Å². The maximum absolute atomic E-state index is 5.40. The number of rotatable bonds is 8. The minimum Gasteiger partial charge on any atom is -0.496 e. The summed E-state index contributed by atoms with van der Waals surface area (Å²) in [6.07, 6.45) is 0. The molecule has 5 nitrogen and oxygen atoms in total. The van der Waals surface area contributed by atoms with E-state index in [-0.39, 0.29) is 24.0 Å². The number of nitrogens with zero attached hydrogens (tertiary/aromatic N) is 2. The van der Waals surface area contributed by atoms with E-state index in [1.54, 1.807) is 7.11 Å². The number of para-hydroxylation sites is 1. The molecule has 2 aromatic carbocycles. The van der Waals surface area contributed by atoms with Crippen LogP contribution < -0.4 is 15.4 Å². The summed E-state index contributed by atoms with van der Waals surface area (Å²) in [4.78, 5) is 6.88. The van der Waals surface area contributed by atoms with Crippen molar-refractivity contribution in [3.05, 3.63) is 65.2 Å². The third-order valence-corrected chi connectivity index (χ3v) is 4.00. The van der Waals surface area contributed by atoms with Crippen LogP contribution in [0, 0.1) is 0 Å². The van der Waals surface area contributed by atoms with Gasteiger partial charge < -0.3 is 20.3 Å². The van der Waals surface area contributed by atoms with Gasteiger partial charge >= 0.3 is 0 Å². The van der Waals surface area contributed by atoms with E-state index < -0.39 is 0 Å². The highest BCUT2D eigenvalue weighted by molar-refractivity contribution is 14.0. The van der Waals surface area contributed by atoms with Crippen molar-refractivity contribution in [3.63, 3.8) is 0 Å². The number of hydrogen-bond acceptors (Lipinski definition) is 3. The van der Waals surface area contributed by atoms with Crippen LogP contribution in [0.15, 0.2) is 53.5 Å². The molecule has 0 radical (unpaired) electrons. The van der Waals surface area contributed by atoms with Crippen LogP contribution in [-0.4, -0.2) is 38.6 Å². The molecule has 0 spiro atoms. The summed E-state index contributed by atoms with van der Waals surface area (Å²) in [5, 5.41) is 6.75. The number of benzene rings is 2. The van der Waals surface area contributed by atoms with Crippen LogP contribution in [0.25, 0.3) is 0 Å². The molecule has 0 aliphatic rings. The second-order valence-electron chi connectivity index (χ2n) is 6.37. The zero-order valence-corrected chi connectivity index (χ0v) is 19.0. The third-order valence-electron chi connectivity index (χ3n) is 4.00. The first-order valence-corrected chi connectivity index (χ1v) is 8.99. The quantitative estimate of drug-likeness (QED) is 0.343. The van der Waals surface area contributed by atoms with Crippen LogP contribution in [-0.2, 0) is 19.6 Å². The molecule has 0 fully saturated rings. The smallest absolute Gasteiger partial charge is 0.191 e. The third kappa shape index (κ3) is 7.76. The summed E-state index contributed by atoms with van der Waals surface area (Å²) in [5.41, 5.74) is 3.68. The fourth-order valence-electron chi connectivity index (χ4n) is 2.74. The largest absolute Gasteiger partial charge is 0.496 e. The first-order chi connectivity index (χ1) is 12.6. The Hall–Kier alpha value is -1.80. The van der Waals surface area contributed by atoms with Gasteiger partial charge in [0.1, 0.15) is 5.75 Å². The number of aliphatic imine (C=N–C) groups is 1. The van der Waals surface area contributed by atoms with E-state index in [9.17, 15) is 0 Å². The Balaban J connectivity index is 0.00000364. The fourth-order valence-corrected chi connectivity index (χ4v) is 2.74. The van der Waals surface area contributed by atoms with Gasteiger partial charge in [-0.15, -0.1) is 24.0 Å². The molecule has 0 amide bonds. The van der Waals surface area contributed by atoms with E-state index in [1.807, 2.05) is 24.3 Å². The van der Waals surface area contributed by atoms with E-state index in [0.29, 0.717) is 6.54 Å². The molecule has 2 aromatic rings. The van der Waals surface area contributed by atoms with E-state index in [1.165, 1.54) is 11.1 Å². The summed E-state index contributed by atoms with van der Waals surface area (Å²) in [7, 11) is 5.86. The average molecular weight is 482 g/mol. The van der Waals surface area contributed by atoms with Crippen LogP contribution >= 0.6 is 24.0 Å². The van der Waals surface area contributed by atoms with Gasteiger partial charge in [-0.05, 0) is 38.2 Å². The van der Waals surface area contributed by atoms with Gasteiger partial charge in [-0.2, -0.15) is 0 Å². The maximum atomic E-state index is 5.40. The first-order valence-electron chi connectivity index (χ1n) is 8.99. The van der Waals surface area contributed by atoms with Crippen molar-refractivity contribution in [1.29, 1.82) is 0 Å². The molecule has 0 aliphatic carbocycles. The molecule has 0 bridgehead atoms. The predicted octanol–water partition coefficient (Wildman–Crippen LogP) is 3.63. The Bertz CT molecular complexity index is 719. The molecule has 6 heteroatoms. The first kappa shape index (κ1) is 23.2. The predicted molar refractivity (Wildman–Crippen MR) is 124 cm³/mol. The van der Waals surface area contributed by atoms with Gasteiger partial charge in [-0.3, -0.25) is 0 Å². The molecule has 0 unspecified atom stereocenters. The van der Waals surface area contributed by atoms with Gasteiger partial charge in [0.15, 0.2) is 5.96 Å². The Labute approximate surface area is 180 Å². The van der Waals surface area contributed by atoms with Crippen LogP contribution in [0.4, 0.5) is 0 Å². The highest BCUT2D eigenvalue weighted by atomic mass is 127. The van der Waals surface area contributed by atoms with Gasteiger partial charge in [-0.25, -0.2) is 4.99 Å². The molecule has 0 saturated heterocycles. The summed E-state index contributed by atoms with van der Waals surface area (Å²) in [6, 6.07) is 16.5. The number of guanidine groups is 1. The van der Waals surface area contributed by atoms with Crippen molar-refractivity contribution in [2.45, 2.75) is 26.6 Å². The van der Waals surface area contributed by atoms with Crippen molar-refractivity contribution in [2.75, 3.05) is 27.7 Å². The molecular formula is C21H31IN4O. The highest BCUT2D eigenvalue weighted by Crippen LogP contribution is 2.18.